The molecule has 6 nitrogen and oxygen atoms in total. The van der Waals surface area contributed by atoms with Crippen molar-refractivity contribution in [1.82, 2.24) is 15.3 Å². The highest BCUT2D eigenvalue weighted by molar-refractivity contribution is 5.95. The first-order chi connectivity index (χ1) is 9.88. The molecule has 1 aromatic rings. The molecule has 116 valence electrons. The Kier molecular flexibility index (Phi) is 4.77. The zero-order valence-corrected chi connectivity index (χ0v) is 12.8. The number of nitrogens with zero attached hydrogens (tertiary/aromatic N) is 1. The van der Waals surface area contributed by atoms with Gasteiger partial charge in [0, 0.05) is 12.0 Å². The third-order valence-electron chi connectivity index (χ3n) is 3.92. The Labute approximate surface area is 124 Å². The lowest BCUT2D eigenvalue weighted by Gasteiger charge is -2.26. The van der Waals surface area contributed by atoms with Gasteiger partial charge in [-0.1, -0.05) is 13.8 Å². The highest BCUT2D eigenvalue weighted by atomic mass is 16.3. The summed E-state index contributed by atoms with van der Waals surface area (Å²) in [4.78, 5) is 31.4. The average Bonchev–Trinajstić information content (AvgIpc) is 2.40. The maximum atomic E-state index is 12.3. The van der Waals surface area contributed by atoms with Crippen LogP contribution in [0, 0.1) is 6.92 Å². The van der Waals surface area contributed by atoms with Crippen LogP contribution in [-0.2, 0) is 0 Å². The quantitative estimate of drug-likeness (QED) is 0.781. The summed E-state index contributed by atoms with van der Waals surface area (Å²) in [5.41, 5.74) is 0.154. The van der Waals surface area contributed by atoms with Gasteiger partial charge in [0.05, 0.1) is 11.8 Å². The minimum atomic E-state index is -0.389. The molecule has 0 atom stereocenters. The summed E-state index contributed by atoms with van der Waals surface area (Å²) in [5, 5.41) is 12.3. The number of amides is 1. The molecule has 0 aromatic carbocycles. The van der Waals surface area contributed by atoms with Crippen molar-refractivity contribution < 1.29 is 9.90 Å². The molecule has 1 amide bonds. The molecule has 1 fully saturated rings. The Balaban J connectivity index is 2.14. The molecule has 2 rings (SSSR count). The summed E-state index contributed by atoms with van der Waals surface area (Å²) < 4.78 is 0. The van der Waals surface area contributed by atoms with E-state index in [1.807, 2.05) is 13.8 Å². The number of rotatable bonds is 3. The van der Waals surface area contributed by atoms with Gasteiger partial charge < -0.3 is 15.4 Å². The van der Waals surface area contributed by atoms with Crippen LogP contribution in [0.15, 0.2) is 4.79 Å². The third-order valence-corrected chi connectivity index (χ3v) is 3.92. The summed E-state index contributed by atoms with van der Waals surface area (Å²) in [7, 11) is 0. The summed E-state index contributed by atoms with van der Waals surface area (Å²) in [6.45, 7) is 5.55. The van der Waals surface area contributed by atoms with Crippen molar-refractivity contribution >= 4 is 5.91 Å². The number of H-pyrrole nitrogens is 1. The number of aliphatic hydroxyl groups is 1. The number of aromatic nitrogens is 2. The molecule has 0 unspecified atom stereocenters. The highest BCUT2D eigenvalue weighted by Gasteiger charge is 2.24. The first kappa shape index (κ1) is 15.7. The summed E-state index contributed by atoms with van der Waals surface area (Å²) in [6.07, 6.45) is 2.58. The van der Waals surface area contributed by atoms with Gasteiger partial charge >= 0.3 is 0 Å². The molecule has 21 heavy (non-hydrogen) atoms. The van der Waals surface area contributed by atoms with Gasteiger partial charge in [0.25, 0.3) is 11.5 Å². The smallest absolute Gasteiger partial charge is 0.264 e. The van der Waals surface area contributed by atoms with Crippen LogP contribution in [0.25, 0.3) is 0 Å². The molecule has 0 saturated heterocycles. The Morgan fingerprint density at radius 3 is 2.48 bits per heavy atom. The summed E-state index contributed by atoms with van der Waals surface area (Å²) in [5.74, 6) is 0.320. The predicted octanol–water partition coefficient (Wildman–Crippen LogP) is 1.24. The number of hydrogen-bond acceptors (Lipinski definition) is 4. The van der Waals surface area contributed by atoms with E-state index in [2.05, 4.69) is 15.3 Å². The molecule has 3 N–H and O–H groups in total. The highest BCUT2D eigenvalue weighted by Crippen LogP contribution is 2.18. The van der Waals surface area contributed by atoms with Gasteiger partial charge in [0.15, 0.2) is 0 Å². The fraction of sp³-hybridized carbons (Fsp3) is 0.667. The standard InChI is InChI=1S/C15H23N3O3/c1-8(2)13-16-9(3)12(15(21)18-13)14(20)17-10-4-6-11(19)7-5-10/h8,10-11,19H,4-7H2,1-3H3,(H,17,20)(H,16,18,21). The fourth-order valence-corrected chi connectivity index (χ4v) is 2.63. The van der Waals surface area contributed by atoms with Crippen LogP contribution in [0.5, 0.6) is 0 Å². The minimum absolute atomic E-state index is 0.0180. The molecule has 1 aliphatic rings. The third kappa shape index (κ3) is 3.69. The van der Waals surface area contributed by atoms with E-state index in [9.17, 15) is 14.7 Å². The van der Waals surface area contributed by atoms with Crippen LogP contribution in [-0.4, -0.2) is 33.1 Å². The van der Waals surface area contributed by atoms with Crippen LogP contribution in [0.4, 0.5) is 0 Å². The minimum Gasteiger partial charge on any atom is -0.393 e. The lowest BCUT2D eigenvalue weighted by atomic mass is 9.93. The van der Waals surface area contributed by atoms with E-state index in [0.717, 1.165) is 12.8 Å². The molecular weight excluding hydrogens is 270 g/mol. The van der Waals surface area contributed by atoms with Crippen LogP contribution >= 0.6 is 0 Å². The Morgan fingerprint density at radius 2 is 1.95 bits per heavy atom. The van der Waals surface area contributed by atoms with Crippen molar-refractivity contribution in [3.63, 3.8) is 0 Å². The first-order valence-electron chi connectivity index (χ1n) is 7.48. The Bertz CT molecular complexity index is 572. The van der Waals surface area contributed by atoms with Gasteiger partial charge in [0.2, 0.25) is 0 Å². The Morgan fingerprint density at radius 1 is 1.33 bits per heavy atom. The fourth-order valence-electron chi connectivity index (χ4n) is 2.63. The zero-order valence-electron chi connectivity index (χ0n) is 12.8. The SMILES string of the molecule is Cc1nc(C(C)C)[nH]c(=O)c1C(=O)NC1CCC(O)CC1. The van der Waals surface area contributed by atoms with E-state index >= 15 is 0 Å². The van der Waals surface area contributed by atoms with Gasteiger partial charge in [-0.15, -0.1) is 0 Å². The van der Waals surface area contributed by atoms with Gasteiger partial charge in [-0.25, -0.2) is 4.98 Å². The van der Waals surface area contributed by atoms with Crippen molar-refractivity contribution in [2.75, 3.05) is 0 Å². The lowest BCUT2D eigenvalue weighted by molar-refractivity contribution is 0.0865. The second-order valence-electron chi connectivity index (χ2n) is 6.05. The number of aryl methyl sites for hydroxylation is 1. The number of aliphatic hydroxyl groups excluding tert-OH is 1. The van der Waals surface area contributed by atoms with Gasteiger partial charge in [0.1, 0.15) is 11.4 Å². The van der Waals surface area contributed by atoms with Gasteiger partial charge in [-0.05, 0) is 32.6 Å². The topological polar surface area (TPSA) is 95.1 Å². The number of nitrogens with one attached hydrogen (secondary N) is 2. The maximum Gasteiger partial charge on any atom is 0.264 e. The Hall–Kier alpha value is -1.69. The molecule has 1 heterocycles. The first-order valence-corrected chi connectivity index (χ1v) is 7.48. The molecule has 0 radical (unpaired) electrons. The number of hydrogen-bond donors (Lipinski definition) is 3. The largest absolute Gasteiger partial charge is 0.393 e. The predicted molar refractivity (Wildman–Crippen MR) is 79.4 cm³/mol. The van der Waals surface area contributed by atoms with E-state index in [0.29, 0.717) is 24.4 Å². The van der Waals surface area contributed by atoms with Crippen LogP contribution in [0.3, 0.4) is 0 Å². The monoisotopic (exact) mass is 293 g/mol. The molecule has 1 saturated carbocycles. The van der Waals surface area contributed by atoms with Crippen molar-refractivity contribution in [3.8, 4) is 0 Å². The van der Waals surface area contributed by atoms with Crippen LogP contribution in [0.2, 0.25) is 0 Å². The molecule has 0 spiro atoms. The number of aromatic amines is 1. The van der Waals surface area contributed by atoms with Crippen molar-refractivity contribution in [2.45, 2.75) is 64.5 Å². The zero-order chi connectivity index (χ0) is 15.6. The summed E-state index contributed by atoms with van der Waals surface area (Å²) >= 11 is 0. The normalized spacial score (nSPS) is 22.3. The molecular formula is C15H23N3O3. The van der Waals surface area contributed by atoms with E-state index in [-0.39, 0.29) is 35.1 Å². The second kappa shape index (κ2) is 6.39. The van der Waals surface area contributed by atoms with E-state index < -0.39 is 0 Å². The number of carbonyl (C=O) groups excluding carboxylic acids is 1. The number of carbonyl (C=O) groups is 1. The van der Waals surface area contributed by atoms with E-state index in [4.69, 9.17) is 0 Å². The molecule has 0 aliphatic heterocycles. The van der Waals surface area contributed by atoms with Gasteiger partial charge in [-0.2, -0.15) is 0 Å². The van der Waals surface area contributed by atoms with Crippen LogP contribution in [0.1, 0.15) is 67.3 Å². The van der Waals surface area contributed by atoms with Crippen molar-refractivity contribution in [2.24, 2.45) is 0 Å². The molecule has 1 aliphatic carbocycles. The average molecular weight is 293 g/mol. The summed E-state index contributed by atoms with van der Waals surface area (Å²) in [6, 6.07) is 0.0180. The van der Waals surface area contributed by atoms with E-state index in [1.165, 1.54) is 0 Å². The van der Waals surface area contributed by atoms with Crippen LogP contribution < -0.4 is 10.9 Å². The molecule has 1 aromatic heterocycles. The van der Waals surface area contributed by atoms with Crippen molar-refractivity contribution in [1.29, 1.82) is 0 Å². The van der Waals surface area contributed by atoms with Gasteiger partial charge in [-0.3, -0.25) is 9.59 Å². The van der Waals surface area contributed by atoms with Crippen molar-refractivity contribution in [3.05, 3.63) is 27.4 Å². The lowest BCUT2D eigenvalue weighted by Crippen LogP contribution is -2.41. The molecule has 6 heteroatoms. The molecule has 0 bridgehead atoms. The second-order valence-corrected chi connectivity index (χ2v) is 6.05. The van der Waals surface area contributed by atoms with E-state index in [1.54, 1.807) is 6.92 Å². The maximum absolute atomic E-state index is 12.3.